The second-order valence-corrected chi connectivity index (χ2v) is 10.5. The number of benzene rings is 2. The predicted molar refractivity (Wildman–Crippen MR) is 142 cm³/mol. The Bertz CT molecular complexity index is 1330. The van der Waals surface area contributed by atoms with E-state index in [4.69, 9.17) is 28.4 Å². The Balaban J connectivity index is 1.40. The summed E-state index contributed by atoms with van der Waals surface area (Å²) in [6.45, 7) is 0.961. The molecule has 0 saturated carbocycles. The summed E-state index contributed by atoms with van der Waals surface area (Å²) < 4.78 is 33.8. The van der Waals surface area contributed by atoms with Gasteiger partial charge in [-0.1, -0.05) is 6.07 Å². The molecule has 2 aromatic carbocycles. The van der Waals surface area contributed by atoms with E-state index in [-0.39, 0.29) is 40.1 Å². The van der Waals surface area contributed by atoms with Crippen LogP contribution in [0.2, 0.25) is 0 Å². The highest BCUT2D eigenvalue weighted by atomic mass is 16.7. The Morgan fingerprint density at radius 1 is 0.767 bits per heavy atom. The Morgan fingerprint density at radius 3 is 2.19 bits per heavy atom. The van der Waals surface area contributed by atoms with Crippen molar-refractivity contribution in [1.82, 2.24) is 0 Å². The fourth-order valence-electron chi connectivity index (χ4n) is 5.06. The molecule has 2 saturated heterocycles. The molecule has 3 heterocycles. The molecule has 0 bridgehead atoms. The molecule has 0 unspecified atom stereocenters. The van der Waals surface area contributed by atoms with Gasteiger partial charge >= 0.3 is 0 Å². The molecular weight excluding hydrogens is 576 g/mol. The first-order valence-electron chi connectivity index (χ1n) is 13.4. The van der Waals surface area contributed by atoms with Crippen molar-refractivity contribution in [3.05, 3.63) is 47.2 Å². The Morgan fingerprint density at radius 2 is 1.47 bits per heavy atom. The van der Waals surface area contributed by atoms with Gasteiger partial charge in [-0.05, 0) is 25.1 Å². The quantitative estimate of drug-likeness (QED) is 0.182. The molecule has 0 aromatic heterocycles. The van der Waals surface area contributed by atoms with Crippen molar-refractivity contribution in [3.8, 4) is 28.7 Å². The van der Waals surface area contributed by atoms with Crippen molar-refractivity contribution in [1.29, 1.82) is 0 Å². The number of rotatable bonds is 7. The summed E-state index contributed by atoms with van der Waals surface area (Å²) in [7, 11) is 1.35. The third-order valence-electron chi connectivity index (χ3n) is 7.56. The van der Waals surface area contributed by atoms with Crippen LogP contribution >= 0.6 is 0 Å². The molecule has 0 radical (unpaired) electrons. The fourth-order valence-corrected chi connectivity index (χ4v) is 5.06. The van der Waals surface area contributed by atoms with Crippen LogP contribution in [0, 0.1) is 0 Å². The van der Waals surface area contributed by atoms with E-state index in [9.17, 15) is 46.0 Å². The number of hydrogen-bond donors (Lipinski definition) is 9. The van der Waals surface area contributed by atoms with E-state index in [1.807, 2.05) is 0 Å². The maximum atomic E-state index is 10.7. The van der Waals surface area contributed by atoms with Crippen molar-refractivity contribution in [2.75, 3.05) is 13.7 Å². The minimum absolute atomic E-state index is 0.0366. The van der Waals surface area contributed by atoms with Crippen molar-refractivity contribution < 1.29 is 74.4 Å². The lowest BCUT2D eigenvalue weighted by atomic mass is 9.98. The van der Waals surface area contributed by atoms with Crippen LogP contribution in [0.25, 0.3) is 6.08 Å². The molecule has 2 fully saturated rings. The zero-order valence-electron chi connectivity index (χ0n) is 23.0. The Labute approximate surface area is 244 Å². The summed E-state index contributed by atoms with van der Waals surface area (Å²) >= 11 is 0. The normalized spacial score (nSPS) is 35.8. The molecule has 9 N–H and O–H groups in total. The molecule has 3 aliphatic rings. The second-order valence-electron chi connectivity index (χ2n) is 10.5. The number of fused-ring (bicyclic) bond motifs is 1. The lowest BCUT2D eigenvalue weighted by Crippen LogP contribution is -2.61. The van der Waals surface area contributed by atoms with E-state index in [1.54, 1.807) is 0 Å². The highest BCUT2D eigenvalue weighted by Crippen LogP contribution is 2.45. The highest BCUT2D eigenvalue weighted by Gasteiger charge is 2.48. The standard InChI is InChI=1S/C28H34O15/c1-10-20(32)22(34)24(36)27(40-10)39-9-19-21(33)23(35)25(37)28(43-19)42-18-8-13-15(31)6-12(29)7-16(13)41-26(18)11-3-4-14(30)17(5-11)38-2/h3-8,10,19-37H,9H2,1-2H3/t10-,19+,20-,21+,22+,23-,24+,25+,26-,27+,28+/m0/s1. The molecule has 236 valence electrons. The topological polar surface area (TPSA) is 237 Å². The summed E-state index contributed by atoms with van der Waals surface area (Å²) in [5.74, 6) is -0.623. The highest BCUT2D eigenvalue weighted by molar-refractivity contribution is 5.69. The number of phenols is 3. The molecule has 15 heteroatoms. The van der Waals surface area contributed by atoms with Gasteiger partial charge in [0.1, 0.15) is 65.7 Å². The molecule has 2 aromatic rings. The van der Waals surface area contributed by atoms with Gasteiger partial charge in [-0.2, -0.15) is 0 Å². The van der Waals surface area contributed by atoms with Crippen molar-refractivity contribution in [2.24, 2.45) is 0 Å². The minimum Gasteiger partial charge on any atom is -0.508 e. The number of methoxy groups -OCH3 is 1. The first-order valence-corrected chi connectivity index (χ1v) is 13.4. The summed E-state index contributed by atoms with van der Waals surface area (Å²) in [5, 5.41) is 92.6. The van der Waals surface area contributed by atoms with Crippen LogP contribution in [0.15, 0.2) is 36.1 Å². The van der Waals surface area contributed by atoms with Crippen LogP contribution in [0.4, 0.5) is 0 Å². The van der Waals surface area contributed by atoms with Gasteiger partial charge in [-0.3, -0.25) is 0 Å². The van der Waals surface area contributed by atoms with Crippen LogP contribution in [0.1, 0.15) is 24.2 Å². The maximum Gasteiger partial charge on any atom is 0.228 e. The monoisotopic (exact) mass is 610 g/mol. The van der Waals surface area contributed by atoms with Crippen molar-refractivity contribution in [3.63, 3.8) is 0 Å². The Kier molecular flexibility index (Phi) is 8.89. The van der Waals surface area contributed by atoms with Crippen LogP contribution < -0.4 is 9.47 Å². The van der Waals surface area contributed by atoms with E-state index in [0.717, 1.165) is 6.07 Å². The molecule has 0 spiro atoms. The van der Waals surface area contributed by atoms with Gasteiger partial charge < -0.3 is 74.4 Å². The molecule has 43 heavy (non-hydrogen) atoms. The van der Waals surface area contributed by atoms with Crippen LogP contribution in [-0.2, 0) is 18.9 Å². The summed E-state index contributed by atoms with van der Waals surface area (Å²) in [4.78, 5) is 0. The first kappa shape index (κ1) is 31.1. The lowest BCUT2D eigenvalue weighted by molar-refractivity contribution is -0.324. The summed E-state index contributed by atoms with van der Waals surface area (Å²) in [5.41, 5.74) is 0.511. The van der Waals surface area contributed by atoms with Gasteiger partial charge in [-0.25, -0.2) is 0 Å². The van der Waals surface area contributed by atoms with E-state index in [0.29, 0.717) is 5.56 Å². The first-order chi connectivity index (χ1) is 20.4. The predicted octanol–water partition coefficient (Wildman–Crippen LogP) is -1.05. The van der Waals surface area contributed by atoms with Crippen molar-refractivity contribution >= 4 is 6.08 Å². The molecule has 11 atom stereocenters. The molecule has 5 rings (SSSR count). The average molecular weight is 611 g/mol. The molecule has 0 amide bonds. The van der Waals surface area contributed by atoms with Gasteiger partial charge in [0, 0.05) is 17.7 Å². The zero-order chi connectivity index (χ0) is 31.2. The van der Waals surface area contributed by atoms with Crippen LogP contribution in [-0.4, -0.2) is 121 Å². The third-order valence-corrected chi connectivity index (χ3v) is 7.56. The smallest absolute Gasteiger partial charge is 0.228 e. The third kappa shape index (κ3) is 6.04. The van der Waals surface area contributed by atoms with Crippen molar-refractivity contribution in [2.45, 2.75) is 74.4 Å². The molecule has 15 nitrogen and oxygen atoms in total. The summed E-state index contributed by atoms with van der Waals surface area (Å²) in [6.07, 6.45) is -14.8. The largest absolute Gasteiger partial charge is 0.508 e. The van der Waals surface area contributed by atoms with Gasteiger partial charge in [-0.15, -0.1) is 0 Å². The van der Waals surface area contributed by atoms with Crippen LogP contribution in [0.5, 0.6) is 28.7 Å². The van der Waals surface area contributed by atoms with Gasteiger partial charge in [0.2, 0.25) is 6.29 Å². The van der Waals surface area contributed by atoms with E-state index in [2.05, 4.69) is 0 Å². The Hall–Kier alpha value is -3.38. The lowest BCUT2D eigenvalue weighted by Gasteiger charge is -2.43. The van der Waals surface area contributed by atoms with Gasteiger partial charge in [0.05, 0.1) is 25.4 Å². The van der Waals surface area contributed by atoms with Gasteiger partial charge in [0.25, 0.3) is 0 Å². The zero-order valence-corrected chi connectivity index (χ0v) is 23.0. The van der Waals surface area contributed by atoms with E-state index in [1.165, 1.54) is 44.4 Å². The molecule has 0 aliphatic carbocycles. The number of ether oxygens (including phenoxy) is 6. The minimum atomic E-state index is -1.79. The van der Waals surface area contributed by atoms with E-state index >= 15 is 0 Å². The average Bonchev–Trinajstić information content (AvgIpc) is 2.98. The second kappa shape index (κ2) is 12.3. The number of hydrogen-bond acceptors (Lipinski definition) is 15. The number of phenolic OH excluding ortho intramolecular Hbond substituents is 3. The van der Waals surface area contributed by atoms with Gasteiger partial charge in [0.15, 0.2) is 23.9 Å². The van der Waals surface area contributed by atoms with E-state index < -0.39 is 74.1 Å². The van der Waals surface area contributed by atoms with Crippen LogP contribution in [0.3, 0.4) is 0 Å². The molecule has 3 aliphatic heterocycles. The number of aliphatic hydroxyl groups excluding tert-OH is 6. The SMILES string of the molecule is COc1cc([C@@H]2Oc3cc(O)cc(O)c3C=C2O[C@@H]2O[C@H](CO[C@@H]3O[C@@H](C)[C@H](O)[C@@H](O)[C@H]3O)[C@@H](O)[C@H](O)[C@H]2O)ccc1O. The number of aliphatic hydroxyl groups is 6. The fraction of sp³-hybridized carbons (Fsp3) is 0.500. The maximum absolute atomic E-state index is 10.7. The number of aromatic hydroxyl groups is 3. The molecular formula is C28H34O15. The summed E-state index contributed by atoms with van der Waals surface area (Å²) in [6, 6.07) is 6.66.